The van der Waals surface area contributed by atoms with Gasteiger partial charge in [0.25, 0.3) is 0 Å². The number of nitrogens with one attached hydrogen (secondary N) is 2. The van der Waals surface area contributed by atoms with Gasteiger partial charge < -0.3 is 15.5 Å². The highest BCUT2D eigenvalue weighted by Gasteiger charge is 2.44. The minimum Gasteiger partial charge on any atom is -0.338 e. The SMILES string of the molecule is CCNC(=O)N1CC2CNCC2C1CC. The molecule has 2 amide bonds. The predicted octanol–water partition coefficient (Wildman–Crippen LogP) is 0.646. The number of urea groups is 1. The third-order valence-corrected chi connectivity index (χ3v) is 3.72. The third-order valence-electron chi connectivity index (χ3n) is 3.72. The first-order valence-electron chi connectivity index (χ1n) is 6.03. The number of nitrogens with zero attached hydrogens (tertiary/aromatic N) is 1. The molecule has 3 unspecified atom stereocenters. The van der Waals surface area contributed by atoms with Crippen LogP contribution in [-0.4, -0.2) is 43.2 Å². The molecular formula is C11H21N3O. The molecule has 0 spiro atoms. The second-order valence-corrected chi connectivity index (χ2v) is 4.55. The Kier molecular flexibility index (Phi) is 3.14. The van der Waals surface area contributed by atoms with Gasteiger partial charge in [-0.15, -0.1) is 0 Å². The van der Waals surface area contributed by atoms with Crippen LogP contribution in [0.5, 0.6) is 0 Å². The van der Waals surface area contributed by atoms with E-state index in [4.69, 9.17) is 0 Å². The molecule has 0 aromatic carbocycles. The number of carbonyl (C=O) groups is 1. The monoisotopic (exact) mass is 211 g/mol. The maximum Gasteiger partial charge on any atom is 0.317 e. The van der Waals surface area contributed by atoms with Crippen LogP contribution >= 0.6 is 0 Å². The van der Waals surface area contributed by atoms with Crippen LogP contribution in [0.4, 0.5) is 4.79 Å². The molecule has 0 aliphatic carbocycles. The van der Waals surface area contributed by atoms with Crippen molar-refractivity contribution in [2.24, 2.45) is 11.8 Å². The van der Waals surface area contributed by atoms with E-state index in [0.717, 1.165) is 32.6 Å². The van der Waals surface area contributed by atoms with Crippen LogP contribution < -0.4 is 10.6 Å². The van der Waals surface area contributed by atoms with E-state index in [1.165, 1.54) is 0 Å². The Morgan fingerprint density at radius 1 is 1.47 bits per heavy atom. The van der Waals surface area contributed by atoms with Crippen LogP contribution in [0.3, 0.4) is 0 Å². The summed E-state index contributed by atoms with van der Waals surface area (Å²) in [6, 6.07) is 0.565. The van der Waals surface area contributed by atoms with Crippen LogP contribution in [0.15, 0.2) is 0 Å². The number of fused-ring (bicyclic) bond motifs is 1. The second-order valence-electron chi connectivity index (χ2n) is 4.55. The van der Waals surface area contributed by atoms with Gasteiger partial charge in [0.1, 0.15) is 0 Å². The number of carbonyl (C=O) groups excluding carboxylic acids is 1. The first-order chi connectivity index (χ1) is 7.27. The van der Waals surface area contributed by atoms with E-state index in [9.17, 15) is 4.79 Å². The Bertz CT molecular complexity index is 244. The molecule has 2 aliphatic rings. The van der Waals surface area contributed by atoms with Crippen LogP contribution in [0.1, 0.15) is 20.3 Å². The predicted molar refractivity (Wildman–Crippen MR) is 59.7 cm³/mol. The van der Waals surface area contributed by atoms with Crippen LogP contribution in [-0.2, 0) is 0 Å². The van der Waals surface area contributed by atoms with E-state index in [0.29, 0.717) is 17.9 Å². The van der Waals surface area contributed by atoms with Crippen molar-refractivity contribution in [1.29, 1.82) is 0 Å². The van der Waals surface area contributed by atoms with E-state index < -0.39 is 0 Å². The molecule has 3 atom stereocenters. The van der Waals surface area contributed by atoms with Crippen molar-refractivity contribution in [3.05, 3.63) is 0 Å². The largest absolute Gasteiger partial charge is 0.338 e. The van der Waals surface area contributed by atoms with Gasteiger partial charge >= 0.3 is 6.03 Å². The average Bonchev–Trinajstić information content (AvgIpc) is 2.76. The Balaban J connectivity index is 2.04. The van der Waals surface area contributed by atoms with Crippen molar-refractivity contribution in [2.45, 2.75) is 26.3 Å². The lowest BCUT2D eigenvalue weighted by atomic mass is 9.93. The number of rotatable bonds is 2. The van der Waals surface area contributed by atoms with Gasteiger partial charge in [-0.25, -0.2) is 4.79 Å². The quantitative estimate of drug-likeness (QED) is 0.704. The van der Waals surface area contributed by atoms with E-state index in [2.05, 4.69) is 17.6 Å². The Morgan fingerprint density at radius 3 is 2.93 bits per heavy atom. The first kappa shape index (κ1) is 10.7. The number of likely N-dealkylation sites (tertiary alicyclic amines) is 1. The minimum atomic E-state index is 0.124. The summed E-state index contributed by atoms with van der Waals surface area (Å²) >= 11 is 0. The minimum absolute atomic E-state index is 0.124. The maximum atomic E-state index is 11.8. The second kappa shape index (κ2) is 4.39. The standard InChI is InChI=1S/C11H21N3O/c1-3-10-9-6-12-5-8(9)7-14(10)11(15)13-4-2/h8-10,12H,3-7H2,1-2H3,(H,13,15). The maximum absolute atomic E-state index is 11.8. The average molecular weight is 211 g/mol. The molecule has 2 fully saturated rings. The summed E-state index contributed by atoms with van der Waals surface area (Å²) in [5, 5.41) is 6.33. The Morgan fingerprint density at radius 2 is 2.27 bits per heavy atom. The summed E-state index contributed by atoms with van der Waals surface area (Å²) in [5.74, 6) is 1.36. The molecule has 86 valence electrons. The van der Waals surface area contributed by atoms with Crippen LogP contribution in [0.25, 0.3) is 0 Å². The molecule has 4 nitrogen and oxygen atoms in total. The Labute approximate surface area is 91.4 Å². The molecule has 2 aliphatic heterocycles. The lowest BCUT2D eigenvalue weighted by molar-refractivity contribution is 0.183. The van der Waals surface area contributed by atoms with Crippen molar-refractivity contribution >= 4 is 6.03 Å². The van der Waals surface area contributed by atoms with Crippen molar-refractivity contribution < 1.29 is 4.79 Å². The number of hydrogen-bond donors (Lipinski definition) is 2. The highest BCUT2D eigenvalue weighted by molar-refractivity contribution is 5.75. The van der Waals surface area contributed by atoms with E-state index in [1.807, 2.05) is 11.8 Å². The van der Waals surface area contributed by atoms with Crippen molar-refractivity contribution in [2.75, 3.05) is 26.2 Å². The normalized spacial score (nSPS) is 34.3. The summed E-state index contributed by atoms with van der Waals surface area (Å²) in [5.41, 5.74) is 0. The highest BCUT2D eigenvalue weighted by Crippen LogP contribution is 2.33. The van der Waals surface area contributed by atoms with Gasteiger partial charge in [0.05, 0.1) is 0 Å². The summed E-state index contributed by atoms with van der Waals surface area (Å²) in [7, 11) is 0. The fraction of sp³-hybridized carbons (Fsp3) is 0.909. The van der Waals surface area contributed by atoms with Crippen LogP contribution in [0, 0.1) is 11.8 Å². The number of hydrogen-bond acceptors (Lipinski definition) is 2. The summed E-state index contributed by atoms with van der Waals surface area (Å²) in [6.07, 6.45) is 1.07. The molecule has 0 bridgehead atoms. The molecule has 2 saturated heterocycles. The van der Waals surface area contributed by atoms with Crippen LogP contribution in [0.2, 0.25) is 0 Å². The lowest BCUT2D eigenvalue weighted by Crippen LogP contribution is -2.45. The van der Waals surface area contributed by atoms with Crippen molar-refractivity contribution in [3.8, 4) is 0 Å². The molecule has 0 aromatic rings. The van der Waals surface area contributed by atoms with E-state index in [-0.39, 0.29) is 6.03 Å². The fourth-order valence-electron chi connectivity index (χ4n) is 3.03. The smallest absolute Gasteiger partial charge is 0.317 e. The summed E-state index contributed by atoms with van der Waals surface area (Å²) < 4.78 is 0. The van der Waals surface area contributed by atoms with Gasteiger partial charge in [0.15, 0.2) is 0 Å². The zero-order valence-corrected chi connectivity index (χ0v) is 9.62. The van der Waals surface area contributed by atoms with E-state index >= 15 is 0 Å². The fourth-order valence-corrected chi connectivity index (χ4v) is 3.03. The zero-order valence-electron chi connectivity index (χ0n) is 9.62. The van der Waals surface area contributed by atoms with Gasteiger partial charge in [0, 0.05) is 32.2 Å². The van der Waals surface area contributed by atoms with Gasteiger partial charge in [-0.05, 0) is 25.2 Å². The van der Waals surface area contributed by atoms with Gasteiger partial charge in [0.2, 0.25) is 0 Å². The molecule has 2 heterocycles. The third kappa shape index (κ3) is 1.83. The van der Waals surface area contributed by atoms with Gasteiger partial charge in [-0.1, -0.05) is 6.92 Å². The highest BCUT2D eigenvalue weighted by atomic mass is 16.2. The van der Waals surface area contributed by atoms with Gasteiger partial charge in [-0.2, -0.15) is 0 Å². The van der Waals surface area contributed by atoms with Crippen molar-refractivity contribution in [3.63, 3.8) is 0 Å². The lowest BCUT2D eigenvalue weighted by Gasteiger charge is -2.26. The van der Waals surface area contributed by atoms with Crippen molar-refractivity contribution in [1.82, 2.24) is 15.5 Å². The molecule has 0 saturated carbocycles. The van der Waals surface area contributed by atoms with E-state index in [1.54, 1.807) is 0 Å². The van der Waals surface area contributed by atoms with Gasteiger partial charge in [-0.3, -0.25) is 0 Å². The summed E-state index contributed by atoms with van der Waals surface area (Å²) in [4.78, 5) is 13.9. The molecule has 0 aromatic heterocycles. The molecule has 2 N–H and O–H groups in total. The molecule has 15 heavy (non-hydrogen) atoms. The first-order valence-corrected chi connectivity index (χ1v) is 6.03. The molecular weight excluding hydrogens is 190 g/mol. The summed E-state index contributed by atoms with van der Waals surface area (Å²) in [6.45, 7) is 7.96. The molecule has 0 radical (unpaired) electrons. The zero-order chi connectivity index (χ0) is 10.8. The topological polar surface area (TPSA) is 44.4 Å². The molecule has 2 rings (SSSR count). The Hall–Kier alpha value is -0.770. The number of amides is 2. The molecule has 4 heteroatoms.